The van der Waals surface area contributed by atoms with Crippen LogP contribution in [0.1, 0.15) is 11.6 Å². The summed E-state index contributed by atoms with van der Waals surface area (Å²) in [6.07, 6.45) is 0. The fraction of sp³-hybridized carbons (Fsp3) is 0.133. The molecule has 2 amide bonds. The van der Waals surface area contributed by atoms with Crippen molar-refractivity contribution in [3.05, 3.63) is 59.1 Å². The van der Waals surface area contributed by atoms with Crippen LogP contribution in [0.3, 0.4) is 0 Å². The van der Waals surface area contributed by atoms with Gasteiger partial charge in [0.25, 0.3) is 0 Å². The number of rotatable bonds is 2. The number of carbonyl (C=O) groups is 1. The predicted octanol–water partition coefficient (Wildman–Crippen LogP) is 3.32. The maximum atomic E-state index is 12.0. The summed E-state index contributed by atoms with van der Waals surface area (Å²) in [6, 6.07) is 13.8. The van der Waals surface area contributed by atoms with Gasteiger partial charge in [0.1, 0.15) is 5.75 Å². The van der Waals surface area contributed by atoms with E-state index < -0.39 is 0 Å². The number of hydrogen-bond acceptors (Lipinski definition) is 2. The molecule has 1 fully saturated rings. The summed E-state index contributed by atoms with van der Waals surface area (Å²) in [4.78, 5) is 13.7. The number of nitrogens with zero attached hydrogens (tertiary/aromatic N) is 1. The number of phenolic OH excluding ortho intramolecular Hbond substituents is 1. The van der Waals surface area contributed by atoms with Crippen LogP contribution in [0.25, 0.3) is 0 Å². The number of phenols is 1. The lowest BCUT2D eigenvalue weighted by atomic mass is 10.1. The molecule has 0 aromatic heterocycles. The molecule has 0 radical (unpaired) electrons. The Hall–Kier alpha value is -2.20. The Morgan fingerprint density at radius 1 is 1.20 bits per heavy atom. The standard InChI is InChI=1S/C15H13ClN2O2/c16-11-4-6-12(7-5-11)18-14(9-17-15(18)20)10-2-1-3-13(19)8-10/h1-8,14,19H,9H2,(H,17,20). The molecule has 102 valence electrons. The van der Waals surface area contributed by atoms with Crippen molar-refractivity contribution in [2.45, 2.75) is 6.04 Å². The van der Waals surface area contributed by atoms with Gasteiger partial charge in [0.05, 0.1) is 6.04 Å². The van der Waals surface area contributed by atoms with E-state index in [0.717, 1.165) is 11.3 Å². The van der Waals surface area contributed by atoms with Crippen LogP contribution in [0, 0.1) is 0 Å². The van der Waals surface area contributed by atoms with Gasteiger partial charge in [0.15, 0.2) is 0 Å². The van der Waals surface area contributed by atoms with Crippen molar-refractivity contribution in [2.24, 2.45) is 0 Å². The summed E-state index contributed by atoms with van der Waals surface area (Å²) in [7, 11) is 0. The van der Waals surface area contributed by atoms with Crippen LogP contribution in [-0.4, -0.2) is 17.7 Å². The molecule has 0 spiro atoms. The van der Waals surface area contributed by atoms with Gasteiger partial charge in [-0.15, -0.1) is 0 Å². The van der Waals surface area contributed by atoms with Crippen molar-refractivity contribution in [2.75, 3.05) is 11.4 Å². The molecule has 5 heteroatoms. The van der Waals surface area contributed by atoms with Crippen LogP contribution < -0.4 is 10.2 Å². The van der Waals surface area contributed by atoms with Crippen molar-refractivity contribution in [1.29, 1.82) is 0 Å². The molecule has 2 N–H and O–H groups in total. The fourth-order valence-electron chi connectivity index (χ4n) is 2.40. The zero-order chi connectivity index (χ0) is 14.1. The van der Waals surface area contributed by atoms with Crippen molar-refractivity contribution in [3.8, 4) is 5.75 Å². The second-order valence-electron chi connectivity index (χ2n) is 4.64. The molecule has 0 saturated carbocycles. The van der Waals surface area contributed by atoms with Gasteiger partial charge >= 0.3 is 6.03 Å². The third kappa shape index (κ3) is 2.30. The van der Waals surface area contributed by atoms with Crippen LogP contribution in [-0.2, 0) is 0 Å². The molecule has 1 aliphatic heterocycles. The van der Waals surface area contributed by atoms with E-state index in [0.29, 0.717) is 11.6 Å². The second kappa shape index (κ2) is 5.06. The number of nitrogens with one attached hydrogen (secondary N) is 1. The highest BCUT2D eigenvalue weighted by Gasteiger charge is 2.33. The first kappa shape index (κ1) is 12.8. The van der Waals surface area contributed by atoms with Gasteiger partial charge in [-0.05, 0) is 42.0 Å². The zero-order valence-electron chi connectivity index (χ0n) is 10.6. The van der Waals surface area contributed by atoms with Crippen molar-refractivity contribution < 1.29 is 9.90 Å². The third-order valence-electron chi connectivity index (χ3n) is 3.34. The molecule has 20 heavy (non-hydrogen) atoms. The topological polar surface area (TPSA) is 52.6 Å². The second-order valence-corrected chi connectivity index (χ2v) is 5.08. The minimum atomic E-state index is -0.152. The highest BCUT2D eigenvalue weighted by Crippen LogP contribution is 2.32. The lowest BCUT2D eigenvalue weighted by Crippen LogP contribution is -2.29. The number of halogens is 1. The molecular weight excluding hydrogens is 276 g/mol. The Bertz CT molecular complexity index is 643. The fourth-order valence-corrected chi connectivity index (χ4v) is 2.53. The van der Waals surface area contributed by atoms with E-state index in [1.807, 2.05) is 18.2 Å². The molecule has 0 aliphatic carbocycles. The van der Waals surface area contributed by atoms with E-state index in [1.165, 1.54) is 0 Å². The maximum Gasteiger partial charge on any atom is 0.322 e. The summed E-state index contributed by atoms with van der Waals surface area (Å²) < 4.78 is 0. The van der Waals surface area contributed by atoms with E-state index in [2.05, 4.69) is 5.32 Å². The molecule has 1 atom stereocenters. The minimum Gasteiger partial charge on any atom is -0.508 e. The van der Waals surface area contributed by atoms with Gasteiger partial charge in [0, 0.05) is 17.3 Å². The highest BCUT2D eigenvalue weighted by molar-refractivity contribution is 6.30. The van der Waals surface area contributed by atoms with E-state index in [9.17, 15) is 9.90 Å². The van der Waals surface area contributed by atoms with Crippen LogP contribution in [0.2, 0.25) is 5.02 Å². The summed E-state index contributed by atoms with van der Waals surface area (Å²) in [5.74, 6) is 0.193. The molecule has 1 saturated heterocycles. The highest BCUT2D eigenvalue weighted by atomic mass is 35.5. The predicted molar refractivity (Wildman–Crippen MR) is 78.2 cm³/mol. The third-order valence-corrected chi connectivity index (χ3v) is 3.59. The van der Waals surface area contributed by atoms with Gasteiger partial charge in [-0.25, -0.2) is 4.79 Å². The normalized spacial score (nSPS) is 18.1. The molecule has 1 aliphatic rings. The molecule has 2 aromatic carbocycles. The minimum absolute atomic E-state index is 0.143. The Morgan fingerprint density at radius 2 is 1.95 bits per heavy atom. The maximum absolute atomic E-state index is 12.0. The first-order chi connectivity index (χ1) is 9.65. The monoisotopic (exact) mass is 288 g/mol. The van der Waals surface area contributed by atoms with Crippen LogP contribution in [0.15, 0.2) is 48.5 Å². The van der Waals surface area contributed by atoms with E-state index in [-0.39, 0.29) is 17.8 Å². The van der Waals surface area contributed by atoms with E-state index in [4.69, 9.17) is 11.6 Å². The Morgan fingerprint density at radius 3 is 2.65 bits per heavy atom. The molecular formula is C15H13ClN2O2. The summed E-state index contributed by atoms with van der Waals surface area (Å²) in [5, 5.41) is 13.0. The van der Waals surface area contributed by atoms with E-state index >= 15 is 0 Å². The molecule has 1 heterocycles. The first-order valence-electron chi connectivity index (χ1n) is 6.27. The van der Waals surface area contributed by atoms with Crippen molar-refractivity contribution in [1.82, 2.24) is 5.32 Å². The number of benzene rings is 2. The molecule has 4 nitrogen and oxygen atoms in total. The summed E-state index contributed by atoms with van der Waals surface area (Å²) in [6.45, 7) is 0.505. The van der Waals surface area contributed by atoms with Gasteiger partial charge in [0.2, 0.25) is 0 Å². The molecule has 1 unspecified atom stereocenters. The number of carbonyl (C=O) groups excluding carboxylic acids is 1. The average molecular weight is 289 g/mol. The van der Waals surface area contributed by atoms with Crippen LogP contribution >= 0.6 is 11.6 Å². The number of anilines is 1. The molecule has 0 bridgehead atoms. The van der Waals surface area contributed by atoms with Crippen LogP contribution in [0.4, 0.5) is 10.5 Å². The Kier molecular flexibility index (Phi) is 3.24. The quantitative estimate of drug-likeness (QED) is 0.891. The number of aromatic hydroxyl groups is 1. The Balaban J connectivity index is 1.98. The van der Waals surface area contributed by atoms with Gasteiger partial charge in [-0.3, -0.25) is 4.90 Å². The number of hydrogen-bond donors (Lipinski definition) is 2. The van der Waals surface area contributed by atoms with Crippen LogP contribution in [0.5, 0.6) is 5.75 Å². The summed E-state index contributed by atoms with van der Waals surface area (Å²) in [5.41, 5.74) is 1.66. The Labute approximate surface area is 121 Å². The number of amides is 2. The zero-order valence-corrected chi connectivity index (χ0v) is 11.3. The first-order valence-corrected chi connectivity index (χ1v) is 6.64. The molecule has 3 rings (SSSR count). The average Bonchev–Trinajstić information content (AvgIpc) is 2.82. The molecule has 2 aromatic rings. The smallest absolute Gasteiger partial charge is 0.322 e. The SMILES string of the molecule is O=C1NCC(c2cccc(O)c2)N1c1ccc(Cl)cc1. The van der Waals surface area contributed by atoms with Crippen molar-refractivity contribution >= 4 is 23.3 Å². The van der Waals surface area contributed by atoms with Crippen molar-refractivity contribution in [3.63, 3.8) is 0 Å². The lowest BCUT2D eigenvalue weighted by molar-refractivity contribution is 0.251. The van der Waals surface area contributed by atoms with Gasteiger partial charge in [-0.2, -0.15) is 0 Å². The largest absolute Gasteiger partial charge is 0.508 e. The van der Waals surface area contributed by atoms with Gasteiger partial charge < -0.3 is 10.4 Å². The lowest BCUT2D eigenvalue weighted by Gasteiger charge is -2.23. The number of urea groups is 1. The van der Waals surface area contributed by atoms with Gasteiger partial charge in [-0.1, -0.05) is 23.7 Å². The van der Waals surface area contributed by atoms with E-state index in [1.54, 1.807) is 35.2 Å². The summed E-state index contributed by atoms with van der Waals surface area (Å²) >= 11 is 5.88.